The van der Waals surface area contributed by atoms with Gasteiger partial charge in [-0.1, -0.05) is 0 Å². The van der Waals surface area contributed by atoms with Crippen LogP contribution in [0.3, 0.4) is 0 Å². The van der Waals surface area contributed by atoms with Gasteiger partial charge >= 0.3 is 0 Å². The molecule has 2 nitrogen and oxygen atoms in total. The van der Waals surface area contributed by atoms with Crippen LogP contribution < -0.4 is 4.72 Å². The van der Waals surface area contributed by atoms with Crippen molar-refractivity contribution in [3.63, 3.8) is 0 Å². The first kappa shape index (κ1) is 6.58. The SMILES string of the molecule is CNSc1cccnc1. The average Bonchev–Trinajstić information content (AvgIpc) is 1.91. The number of nitrogens with one attached hydrogen (secondary N) is 1. The van der Waals surface area contributed by atoms with E-state index in [0.717, 1.165) is 4.90 Å². The minimum atomic E-state index is 1.14. The lowest BCUT2D eigenvalue weighted by Crippen LogP contribution is -1.89. The Morgan fingerprint density at radius 1 is 1.67 bits per heavy atom. The monoisotopic (exact) mass is 140 g/mol. The van der Waals surface area contributed by atoms with E-state index in [1.165, 1.54) is 0 Å². The zero-order chi connectivity index (χ0) is 6.53. The number of hydrogen-bond acceptors (Lipinski definition) is 3. The summed E-state index contributed by atoms with van der Waals surface area (Å²) in [6, 6.07) is 3.92. The van der Waals surface area contributed by atoms with E-state index in [2.05, 4.69) is 9.71 Å². The molecule has 3 heteroatoms. The van der Waals surface area contributed by atoms with Gasteiger partial charge < -0.3 is 0 Å². The van der Waals surface area contributed by atoms with Gasteiger partial charge in [-0.15, -0.1) is 0 Å². The van der Waals surface area contributed by atoms with Crippen molar-refractivity contribution in [3.05, 3.63) is 24.5 Å². The quantitative estimate of drug-likeness (QED) is 0.627. The summed E-state index contributed by atoms with van der Waals surface area (Å²) in [7, 11) is 1.89. The fourth-order valence-electron chi connectivity index (χ4n) is 0.525. The molecule has 48 valence electrons. The maximum atomic E-state index is 3.94. The lowest BCUT2D eigenvalue weighted by Gasteiger charge is -1.94. The molecule has 1 heterocycles. The molecule has 0 saturated heterocycles. The van der Waals surface area contributed by atoms with Gasteiger partial charge in [0, 0.05) is 17.3 Å². The smallest absolute Gasteiger partial charge is 0.0417 e. The van der Waals surface area contributed by atoms with Crippen LogP contribution in [0.2, 0.25) is 0 Å². The summed E-state index contributed by atoms with van der Waals surface area (Å²) in [6.07, 6.45) is 3.58. The summed E-state index contributed by atoms with van der Waals surface area (Å²) >= 11 is 1.56. The molecule has 0 aromatic carbocycles. The van der Waals surface area contributed by atoms with Crippen molar-refractivity contribution >= 4 is 11.9 Å². The zero-order valence-electron chi connectivity index (χ0n) is 5.16. The standard InChI is InChI=1S/C6H8N2S/c1-7-9-6-3-2-4-8-5-6/h2-5,7H,1H3. The number of hydrogen-bond donors (Lipinski definition) is 1. The lowest BCUT2D eigenvalue weighted by atomic mass is 10.5. The van der Waals surface area contributed by atoms with Gasteiger partial charge in [0.25, 0.3) is 0 Å². The van der Waals surface area contributed by atoms with E-state index in [9.17, 15) is 0 Å². The molecule has 0 fully saturated rings. The highest BCUT2D eigenvalue weighted by Crippen LogP contribution is 2.09. The summed E-state index contributed by atoms with van der Waals surface area (Å²) < 4.78 is 2.96. The van der Waals surface area contributed by atoms with E-state index in [-0.39, 0.29) is 0 Å². The molecular formula is C6H8N2S. The van der Waals surface area contributed by atoms with Crippen molar-refractivity contribution in [1.82, 2.24) is 9.71 Å². The van der Waals surface area contributed by atoms with Gasteiger partial charge in [0.05, 0.1) is 0 Å². The Bertz CT molecular complexity index is 164. The number of pyridine rings is 1. The molecule has 0 radical (unpaired) electrons. The Labute approximate surface area is 58.8 Å². The Hall–Kier alpha value is -0.540. The topological polar surface area (TPSA) is 24.9 Å². The molecule has 0 aliphatic rings. The number of nitrogens with zero attached hydrogens (tertiary/aromatic N) is 1. The summed E-state index contributed by atoms with van der Waals surface area (Å²) in [5.41, 5.74) is 0. The number of aromatic nitrogens is 1. The van der Waals surface area contributed by atoms with E-state index < -0.39 is 0 Å². The molecule has 0 aliphatic heterocycles. The molecule has 0 atom stereocenters. The summed E-state index contributed by atoms with van der Waals surface area (Å²) in [6.45, 7) is 0. The first-order valence-electron chi connectivity index (χ1n) is 2.67. The van der Waals surface area contributed by atoms with Crippen molar-refractivity contribution in [2.45, 2.75) is 4.90 Å². The summed E-state index contributed by atoms with van der Waals surface area (Å²) in [5.74, 6) is 0. The first-order chi connectivity index (χ1) is 4.43. The fourth-order valence-corrected chi connectivity index (χ4v) is 1.02. The predicted molar refractivity (Wildman–Crippen MR) is 39.2 cm³/mol. The van der Waals surface area contributed by atoms with Crippen LogP contribution in [-0.2, 0) is 0 Å². The molecule has 1 N–H and O–H groups in total. The van der Waals surface area contributed by atoms with E-state index in [0.29, 0.717) is 0 Å². The summed E-state index contributed by atoms with van der Waals surface area (Å²) in [5, 5.41) is 0. The van der Waals surface area contributed by atoms with E-state index in [1.54, 1.807) is 18.1 Å². The van der Waals surface area contributed by atoms with Gasteiger partial charge in [0.1, 0.15) is 0 Å². The Morgan fingerprint density at radius 2 is 2.56 bits per heavy atom. The Kier molecular flexibility index (Phi) is 2.54. The van der Waals surface area contributed by atoms with E-state index in [1.807, 2.05) is 25.4 Å². The lowest BCUT2D eigenvalue weighted by molar-refractivity contribution is 1.21. The van der Waals surface area contributed by atoms with Crippen molar-refractivity contribution < 1.29 is 0 Å². The largest absolute Gasteiger partial charge is 0.264 e. The molecule has 0 unspecified atom stereocenters. The average molecular weight is 140 g/mol. The molecule has 1 aromatic rings. The van der Waals surface area contributed by atoms with E-state index >= 15 is 0 Å². The molecular weight excluding hydrogens is 132 g/mol. The van der Waals surface area contributed by atoms with Crippen LogP contribution in [0.15, 0.2) is 29.4 Å². The van der Waals surface area contributed by atoms with Crippen LogP contribution in [0.25, 0.3) is 0 Å². The molecule has 0 saturated carbocycles. The third-order valence-electron chi connectivity index (χ3n) is 0.854. The minimum Gasteiger partial charge on any atom is -0.264 e. The highest BCUT2D eigenvalue weighted by molar-refractivity contribution is 7.97. The second-order valence-corrected chi connectivity index (χ2v) is 2.58. The number of rotatable bonds is 2. The summed E-state index contributed by atoms with van der Waals surface area (Å²) in [4.78, 5) is 5.08. The second-order valence-electron chi connectivity index (χ2n) is 1.49. The van der Waals surface area contributed by atoms with Crippen molar-refractivity contribution in [2.24, 2.45) is 0 Å². The third-order valence-corrected chi connectivity index (χ3v) is 1.54. The van der Waals surface area contributed by atoms with Gasteiger partial charge in [-0.2, -0.15) is 0 Å². The maximum absolute atomic E-state index is 3.94. The van der Waals surface area contributed by atoms with Crippen LogP contribution in [0, 0.1) is 0 Å². The van der Waals surface area contributed by atoms with Gasteiger partial charge in [0.15, 0.2) is 0 Å². The van der Waals surface area contributed by atoms with Gasteiger partial charge in [-0.05, 0) is 31.1 Å². The van der Waals surface area contributed by atoms with Crippen molar-refractivity contribution in [3.8, 4) is 0 Å². The molecule has 9 heavy (non-hydrogen) atoms. The van der Waals surface area contributed by atoms with Crippen LogP contribution >= 0.6 is 11.9 Å². The van der Waals surface area contributed by atoms with Crippen molar-refractivity contribution in [2.75, 3.05) is 7.05 Å². The molecule has 0 aliphatic carbocycles. The molecule has 0 amide bonds. The van der Waals surface area contributed by atoms with Crippen LogP contribution in [0.5, 0.6) is 0 Å². The normalized spacial score (nSPS) is 9.44. The Morgan fingerprint density at radius 3 is 3.11 bits per heavy atom. The highest BCUT2D eigenvalue weighted by atomic mass is 32.2. The Balaban J connectivity index is 2.61. The van der Waals surface area contributed by atoms with Gasteiger partial charge in [-0.3, -0.25) is 9.71 Å². The fraction of sp³-hybridized carbons (Fsp3) is 0.167. The van der Waals surface area contributed by atoms with Gasteiger partial charge in [0.2, 0.25) is 0 Å². The first-order valence-corrected chi connectivity index (χ1v) is 3.49. The molecule has 0 spiro atoms. The second kappa shape index (κ2) is 3.48. The van der Waals surface area contributed by atoms with Crippen LogP contribution in [0.4, 0.5) is 0 Å². The molecule has 0 bridgehead atoms. The predicted octanol–water partition coefficient (Wildman–Crippen LogP) is 1.31. The maximum Gasteiger partial charge on any atom is 0.0417 e. The third kappa shape index (κ3) is 2.03. The van der Waals surface area contributed by atoms with Gasteiger partial charge in [-0.25, -0.2) is 0 Å². The van der Waals surface area contributed by atoms with Crippen LogP contribution in [0.1, 0.15) is 0 Å². The minimum absolute atomic E-state index is 1.14. The highest BCUT2D eigenvalue weighted by Gasteiger charge is 1.85. The molecule has 1 aromatic heterocycles. The van der Waals surface area contributed by atoms with Crippen LogP contribution in [-0.4, -0.2) is 12.0 Å². The van der Waals surface area contributed by atoms with Crippen molar-refractivity contribution in [1.29, 1.82) is 0 Å². The zero-order valence-corrected chi connectivity index (χ0v) is 5.98. The van der Waals surface area contributed by atoms with E-state index in [4.69, 9.17) is 0 Å². The molecule has 1 rings (SSSR count).